The highest BCUT2D eigenvalue weighted by atomic mass is 17.4. The van der Waals surface area contributed by atoms with Crippen molar-refractivity contribution in [3.8, 4) is 0 Å². The first-order valence-corrected chi connectivity index (χ1v) is 3.57. The highest BCUT2D eigenvalue weighted by molar-refractivity contribution is 4.49. The van der Waals surface area contributed by atoms with E-state index in [1.165, 1.54) is 27.7 Å². The molecule has 0 heterocycles. The fourth-order valence-corrected chi connectivity index (χ4v) is 0.346. The van der Waals surface area contributed by atoms with Gasteiger partial charge in [0.2, 0.25) is 11.6 Å². The maximum atomic E-state index is 8.32. The summed E-state index contributed by atoms with van der Waals surface area (Å²) in [5.41, 5.74) is 0. The minimum absolute atomic E-state index is 1.20. The summed E-state index contributed by atoms with van der Waals surface area (Å²) in [4.78, 5) is 21.7. The van der Waals surface area contributed by atoms with Gasteiger partial charge in [0.15, 0.2) is 0 Å². The lowest BCUT2D eigenvalue weighted by Crippen LogP contribution is -2.36. The topological polar surface area (TPSA) is 92.4 Å². The quantitative estimate of drug-likeness (QED) is 0.368. The predicted molar refractivity (Wildman–Crippen MR) is 40.4 cm³/mol. The van der Waals surface area contributed by atoms with Crippen LogP contribution in [0.1, 0.15) is 27.7 Å². The van der Waals surface area contributed by atoms with Crippen LogP contribution in [0.15, 0.2) is 0 Å². The van der Waals surface area contributed by atoms with Gasteiger partial charge in [0, 0.05) is 0 Å². The molecule has 13 heavy (non-hydrogen) atoms. The van der Waals surface area contributed by atoms with Crippen LogP contribution in [-0.2, 0) is 24.5 Å². The first-order valence-electron chi connectivity index (χ1n) is 3.57. The van der Waals surface area contributed by atoms with E-state index in [0.29, 0.717) is 0 Å². The first kappa shape index (κ1) is 12.7. The summed E-state index contributed by atoms with van der Waals surface area (Å²) in [6.45, 7) is 5.86. The van der Waals surface area contributed by atoms with E-state index in [0.717, 1.165) is 0 Å². The summed E-state index contributed by atoms with van der Waals surface area (Å²) < 4.78 is 0. The zero-order chi connectivity index (χ0) is 10.5. The van der Waals surface area contributed by atoms with Gasteiger partial charge in [-0.1, -0.05) is 0 Å². The van der Waals surface area contributed by atoms with Crippen molar-refractivity contribution in [2.75, 3.05) is 0 Å². The van der Waals surface area contributed by atoms with Crippen LogP contribution in [0.4, 0.5) is 0 Å². The van der Waals surface area contributed by atoms with Crippen molar-refractivity contribution < 1.29 is 29.8 Å². The van der Waals surface area contributed by atoms with E-state index in [1.807, 2.05) is 0 Å². The van der Waals surface area contributed by atoms with Gasteiger partial charge in [0.1, 0.15) is 0 Å². The summed E-state index contributed by atoms with van der Waals surface area (Å²) in [7, 11) is 0. The molecule has 0 aliphatic heterocycles. The molecule has 0 aromatic heterocycles. The van der Waals surface area contributed by atoms with E-state index in [-0.39, 0.29) is 0 Å². The second-order valence-electron chi connectivity index (χ2n) is 3.24. The second kappa shape index (κ2) is 4.82. The zero-order valence-electron chi connectivity index (χ0n) is 8.07. The van der Waals surface area contributed by atoms with Gasteiger partial charge in [-0.3, -0.25) is 0 Å². The first-order chi connectivity index (χ1) is 5.83. The third-order valence-electron chi connectivity index (χ3n) is 0.912. The largest absolute Gasteiger partial charge is 0.249 e. The molecule has 0 saturated carbocycles. The van der Waals surface area contributed by atoms with E-state index < -0.39 is 11.6 Å². The normalized spacial score (nSPS) is 13.4. The van der Waals surface area contributed by atoms with Gasteiger partial charge in [0.25, 0.3) is 0 Å². The summed E-state index contributed by atoms with van der Waals surface area (Å²) in [6, 6.07) is 0. The Balaban J connectivity index is 3.86. The van der Waals surface area contributed by atoms with Crippen molar-refractivity contribution in [3.05, 3.63) is 0 Å². The van der Waals surface area contributed by atoms with Crippen LogP contribution < -0.4 is 5.90 Å². The maximum Gasteiger partial charge on any atom is 0.230 e. The highest BCUT2D eigenvalue weighted by Gasteiger charge is 2.29. The predicted octanol–water partition coefficient (Wildman–Crippen LogP) is 0.718. The van der Waals surface area contributed by atoms with Gasteiger partial charge >= 0.3 is 0 Å². The zero-order valence-corrected chi connectivity index (χ0v) is 8.07. The number of hydrogen-bond acceptors (Lipinski definition) is 7. The van der Waals surface area contributed by atoms with Gasteiger partial charge in [-0.25, -0.2) is 10.1 Å². The number of nitrogens with two attached hydrogens (primary N) is 1. The van der Waals surface area contributed by atoms with Crippen LogP contribution in [0.3, 0.4) is 0 Å². The fraction of sp³-hybridized carbons (Fsp3) is 1.00. The Morgan fingerprint density at radius 2 is 1.38 bits per heavy atom. The lowest BCUT2D eigenvalue weighted by Gasteiger charge is -2.26. The highest BCUT2D eigenvalue weighted by Crippen LogP contribution is 2.17. The molecule has 0 saturated heterocycles. The SMILES string of the molecule is CC(C)(OO)OOC(C)(C)OON. The lowest BCUT2D eigenvalue weighted by molar-refractivity contribution is -0.564. The van der Waals surface area contributed by atoms with Crippen LogP contribution >= 0.6 is 0 Å². The van der Waals surface area contributed by atoms with Crippen molar-refractivity contribution in [1.29, 1.82) is 0 Å². The molecule has 0 aliphatic carbocycles. The Hall–Kier alpha value is -0.280. The Bertz CT molecular complexity index is 148. The minimum Gasteiger partial charge on any atom is -0.249 e. The number of rotatable bonds is 6. The molecule has 0 spiro atoms. The molecule has 0 bridgehead atoms. The van der Waals surface area contributed by atoms with Crippen molar-refractivity contribution in [2.24, 2.45) is 5.90 Å². The van der Waals surface area contributed by atoms with Crippen molar-refractivity contribution in [2.45, 2.75) is 39.3 Å². The van der Waals surface area contributed by atoms with Gasteiger partial charge < -0.3 is 0 Å². The van der Waals surface area contributed by atoms with E-state index in [1.54, 1.807) is 0 Å². The molecule has 0 atom stereocenters. The molecule has 0 aliphatic rings. The molecule has 7 nitrogen and oxygen atoms in total. The van der Waals surface area contributed by atoms with Crippen LogP contribution in [0.25, 0.3) is 0 Å². The Kier molecular flexibility index (Phi) is 4.71. The Morgan fingerprint density at radius 1 is 0.923 bits per heavy atom. The Morgan fingerprint density at radius 3 is 1.77 bits per heavy atom. The molecular formula is C6H15NO6. The molecule has 0 aromatic rings. The molecule has 7 heteroatoms. The van der Waals surface area contributed by atoms with Gasteiger partial charge in [0.05, 0.1) is 0 Å². The second-order valence-corrected chi connectivity index (χ2v) is 3.24. The van der Waals surface area contributed by atoms with Gasteiger partial charge in [-0.15, -0.1) is 4.99 Å². The summed E-state index contributed by atoms with van der Waals surface area (Å²) >= 11 is 0. The average molecular weight is 197 g/mol. The van der Waals surface area contributed by atoms with E-state index in [2.05, 4.69) is 25.5 Å². The summed E-state index contributed by atoms with van der Waals surface area (Å²) in [5, 5.41) is 8.32. The van der Waals surface area contributed by atoms with Crippen LogP contribution in [0, 0.1) is 0 Å². The molecule has 0 radical (unpaired) electrons. The number of hydrogen-bond donors (Lipinski definition) is 2. The van der Waals surface area contributed by atoms with E-state index in [4.69, 9.17) is 10.1 Å². The summed E-state index contributed by atoms with van der Waals surface area (Å²) in [5.74, 6) is 2.15. The molecule has 0 unspecified atom stereocenters. The molecule has 0 rings (SSSR count). The van der Waals surface area contributed by atoms with Crippen LogP contribution in [0.5, 0.6) is 0 Å². The van der Waals surface area contributed by atoms with E-state index in [9.17, 15) is 0 Å². The van der Waals surface area contributed by atoms with Crippen molar-refractivity contribution in [1.82, 2.24) is 0 Å². The maximum absolute atomic E-state index is 8.32. The van der Waals surface area contributed by atoms with E-state index >= 15 is 0 Å². The smallest absolute Gasteiger partial charge is 0.230 e. The van der Waals surface area contributed by atoms with Crippen molar-refractivity contribution >= 4 is 0 Å². The average Bonchev–Trinajstić information content (AvgIpc) is 2.02. The third-order valence-corrected chi connectivity index (χ3v) is 0.912. The molecule has 3 N–H and O–H groups in total. The Labute approximate surface area is 76.0 Å². The molecule has 80 valence electrons. The van der Waals surface area contributed by atoms with Gasteiger partial charge in [-0.2, -0.15) is 20.6 Å². The fourth-order valence-electron chi connectivity index (χ4n) is 0.346. The minimum atomic E-state index is -1.30. The standard InChI is InChI=1S/C6H15NO6/c1-5(2,9-8)10-11-6(3,4)12-13-7/h8H,7H2,1-4H3. The molecule has 0 aromatic carbocycles. The molecule has 0 amide bonds. The van der Waals surface area contributed by atoms with Crippen molar-refractivity contribution in [3.63, 3.8) is 0 Å². The molecule has 0 fully saturated rings. The van der Waals surface area contributed by atoms with Gasteiger partial charge in [-0.05, 0) is 27.7 Å². The lowest BCUT2D eigenvalue weighted by atomic mass is 10.4. The van der Waals surface area contributed by atoms with Crippen LogP contribution in [-0.4, -0.2) is 16.8 Å². The van der Waals surface area contributed by atoms with Crippen LogP contribution in [0.2, 0.25) is 0 Å². The summed E-state index contributed by atoms with van der Waals surface area (Å²) in [6.07, 6.45) is 0. The monoisotopic (exact) mass is 197 g/mol. The third kappa shape index (κ3) is 5.88. The molecular weight excluding hydrogens is 182 g/mol.